The Morgan fingerprint density at radius 1 is 0.673 bits per heavy atom. The molecule has 0 bridgehead atoms. The highest BCUT2D eigenvalue weighted by Gasteiger charge is 2.34. The molecular weight excluding hydrogens is 706 g/mol. The summed E-state index contributed by atoms with van der Waals surface area (Å²) in [5, 5.41) is 25.5. The number of carbonyl (C=O) groups excluding carboxylic acids is 8. The van der Waals surface area contributed by atoms with Crippen LogP contribution in [0.2, 0.25) is 0 Å². The minimum absolute atomic E-state index is 0.0111. The molecule has 0 aliphatic carbocycles. The van der Waals surface area contributed by atoms with Crippen molar-refractivity contribution in [3.63, 3.8) is 0 Å². The summed E-state index contributed by atoms with van der Waals surface area (Å²) in [7, 11) is 1.32. The normalized spacial score (nSPS) is 14.6. The van der Waals surface area contributed by atoms with Gasteiger partial charge in [-0.1, -0.05) is 91.9 Å². The predicted molar refractivity (Wildman–Crippen MR) is 212 cm³/mol. The number of unbranched alkanes of at least 4 members (excludes halogenated alkanes) is 10. The molecule has 0 rings (SSSR count). The number of aliphatic hydroxyl groups excluding tert-OH is 2. The molecule has 0 aliphatic rings. The number of Topliss-reactive ketones (excluding diaryl/α,β-unsaturated/α-hetero) is 4. The largest absolute Gasteiger partial charge is 0.396 e. The second-order valence-electron chi connectivity index (χ2n) is 15.7. The molecular formula is C42H73N3O10. The van der Waals surface area contributed by atoms with Crippen molar-refractivity contribution in [2.24, 2.45) is 17.8 Å². The van der Waals surface area contributed by atoms with Crippen molar-refractivity contribution in [3.05, 3.63) is 0 Å². The Morgan fingerprint density at radius 2 is 1.24 bits per heavy atom. The predicted octanol–water partition coefficient (Wildman–Crippen LogP) is 4.99. The smallest absolute Gasteiger partial charge is 0.226 e. The Kier molecular flexibility index (Phi) is 28.1. The van der Waals surface area contributed by atoms with Gasteiger partial charge in [0.2, 0.25) is 17.7 Å². The molecule has 13 heteroatoms. The molecule has 0 fully saturated rings. The number of carbonyl (C=O) groups is 8. The molecule has 0 saturated carbocycles. The van der Waals surface area contributed by atoms with Gasteiger partial charge in [0.05, 0.1) is 30.7 Å². The first kappa shape index (κ1) is 51.7. The van der Waals surface area contributed by atoms with Gasteiger partial charge in [-0.05, 0) is 32.6 Å². The summed E-state index contributed by atoms with van der Waals surface area (Å²) >= 11 is 0. The summed E-state index contributed by atoms with van der Waals surface area (Å²) in [5.74, 6) is -5.04. The van der Waals surface area contributed by atoms with Gasteiger partial charge in [-0.15, -0.1) is 0 Å². The van der Waals surface area contributed by atoms with Gasteiger partial charge in [0.1, 0.15) is 18.1 Å². The molecule has 0 aromatic rings. The molecule has 55 heavy (non-hydrogen) atoms. The number of aliphatic hydroxyl groups is 2. The zero-order valence-electron chi connectivity index (χ0n) is 34.9. The van der Waals surface area contributed by atoms with Gasteiger partial charge < -0.3 is 30.5 Å². The SMILES string of the molecule is CCCCCCCCCCCCCC(=O)C[C@H](CO)C(=O)N[C@H](C)C(=O)CCC(=O)N(C)[C@H](C(=O)C[C@@H](C)C(=O)N[C@@H](CC(C)C)C(=O)CCC=O)C(C)O. The van der Waals surface area contributed by atoms with Crippen LogP contribution in [-0.2, 0) is 38.4 Å². The maximum atomic E-state index is 13.3. The van der Waals surface area contributed by atoms with Gasteiger partial charge in [0.15, 0.2) is 17.3 Å². The molecule has 0 spiro atoms. The fourth-order valence-electron chi connectivity index (χ4n) is 6.55. The number of nitrogens with zero attached hydrogens (tertiary/aromatic N) is 1. The number of hydrogen-bond acceptors (Lipinski definition) is 10. The van der Waals surface area contributed by atoms with Crippen LogP contribution in [-0.4, -0.2) is 100 Å². The van der Waals surface area contributed by atoms with Crippen LogP contribution in [0.5, 0.6) is 0 Å². The zero-order chi connectivity index (χ0) is 41.9. The number of ketones is 4. The molecule has 0 radical (unpaired) electrons. The molecule has 316 valence electrons. The quantitative estimate of drug-likeness (QED) is 0.0509. The first-order valence-electron chi connectivity index (χ1n) is 20.7. The number of rotatable bonds is 34. The van der Waals surface area contributed by atoms with Crippen molar-refractivity contribution in [2.45, 2.75) is 188 Å². The lowest BCUT2D eigenvalue weighted by Gasteiger charge is -2.30. The molecule has 0 aliphatic heterocycles. The summed E-state index contributed by atoms with van der Waals surface area (Å²) in [5.41, 5.74) is 0. The molecule has 0 aromatic carbocycles. The van der Waals surface area contributed by atoms with Crippen molar-refractivity contribution < 1.29 is 48.6 Å². The van der Waals surface area contributed by atoms with Crippen LogP contribution < -0.4 is 10.6 Å². The molecule has 13 nitrogen and oxygen atoms in total. The number of hydrogen-bond donors (Lipinski definition) is 4. The molecule has 3 amide bonds. The van der Waals surface area contributed by atoms with Crippen molar-refractivity contribution in [1.29, 1.82) is 0 Å². The van der Waals surface area contributed by atoms with Crippen molar-refractivity contribution >= 4 is 47.1 Å². The average Bonchev–Trinajstić information content (AvgIpc) is 3.12. The van der Waals surface area contributed by atoms with Gasteiger partial charge in [-0.2, -0.15) is 0 Å². The Morgan fingerprint density at radius 3 is 1.75 bits per heavy atom. The average molecular weight is 780 g/mol. The summed E-state index contributed by atoms with van der Waals surface area (Å²) in [6.07, 6.45) is 11.8. The Labute approximate surface area is 329 Å². The van der Waals surface area contributed by atoms with Crippen LogP contribution in [0.1, 0.15) is 164 Å². The standard InChI is InChI=1S/C42H73N3O10/c1-8-9-10-11-12-13-14-15-16-17-18-20-34(49)27-33(28-47)42(55)43-31(5)36(50)22-23-39(53)45(7)40(32(6)48)38(52)26-30(4)41(54)44-35(25-29(2)3)37(51)21-19-24-46/h24,29-33,35,40,47-48H,8-23,25-28H2,1-7H3,(H,43,55)(H,44,54)/t30-,31-,32?,33-,35+,40+/m1/s1. The topological polar surface area (TPSA) is 204 Å². The van der Waals surface area contributed by atoms with E-state index >= 15 is 0 Å². The van der Waals surface area contributed by atoms with E-state index in [9.17, 15) is 48.6 Å². The van der Waals surface area contributed by atoms with E-state index in [1.54, 1.807) is 0 Å². The van der Waals surface area contributed by atoms with Crippen LogP contribution in [0.3, 0.4) is 0 Å². The lowest BCUT2D eigenvalue weighted by atomic mass is 9.93. The summed E-state index contributed by atoms with van der Waals surface area (Å²) < 4.78 is 0. The lowest BCUT2D eigenvalue weighted by Crippen LogP contribution is -2.50. The first-order valence-corrected chi connectivity index (χ1v) is 20.7. The maximum absolute atomic E-state index is 13.3. The van der Waals surface area contributed by atoms with Crippen molar-refractivity contribution in [1.82, 2.24) is 15.5 Å². The summed E-state index contributed by atoms with van der Waals surface area (Å²) in [6.45, 7) is 9.73. The van der Waals surface area contributed by atoms with Gasteiger partial charge in [-0.25, -0.2) is 0 Å². The highest BCUT2D eigenvalue weighted by Crippen LogP contribution is 2.17. The van der Waals surface area contributed by atoms with Crippen molar-refractivity contribution in [2.75, 3.05) is 13.7 Å². The van der Waals surface area contributed by atoms with Crippen LogP contribution >= 0.6 is 0 Å². The molecule has 4 N–H and O–H groups in total. The van der Waals surface area contributed by atoms with E-state index in [0.717, 1.165) is 30.6 Å². The zero-order valence-corrected chi connectivity index (χ0v) is 34.9. The van der Waals surface area contributed by atoms with Gasteiger partial charge in [0.25, 0.3) is 0 Å². The molecule has 0 saturated heterocycles. The Hall–Kier alpha value is -3.32. The third-order valence-electron chi connectivity index (χ3n) is 10.0. The first-order chi connectivity index (χ1) is 26.0. The van der Waals surface area contributed by atoms with E-state index in [4.69, 9.17) is 0 Å². The molecule has 0 heterocycles. The van der Waals surface area contributed by atoms with Crippen molar-refractivity contribution in [3.8, 4) is 0 Å². The van der Waals surface area contributed by atoms with Crippen LogP contribution in [0.25, 0.3) is 0 Å². The number of nitrogens with one attached hydrogen (secondary N) is 2. The van der Waals surface area contributed by atoms with E-state index in [2.05, 4.69) is 17.6 Å². The third kappa shape index (κ3) is 22.7. The van der Waals surface area contributed by atoms with Crippen LogP contribution in [0, 0.1) is 17.8 Å². The van der Waals surface area contributed by atoms with Gasteiger partial charge in [0, 0.05) is 57.9 Å². The fraction of sp³-hybridized carbons (Fsp3) is 0.810. The van der Waals surface area contributed by atoms with Crippen LogP contribution in [0.15, 0.2) is 0 Å². The number of likely N-dealkylation sites (N-methyl/N-ethyl adjacent to an activating group) is 1. The monoisotopic (exact) mass is 780 g/mol. The Balaban J connectivity index is 4.90. The van der Waals surface area contributed by atoms with E-state index < -0.39 is 72.0 Å². The van der Waals surface area contributed by atoms with Crippen LogP contribution in [0.4, 0.5) is 0 Å². The molecule has 6 atom stereocenters. The maximum Gasteiger partial charge on any atom is 0.226 e. The Bertz CT molecular complexity index is 1200. The van der Waals surface area contributed by atoms with E-state index in [1.807, 2.05) is 13.8 Å². The van der Waals surface area contributed by atoms with Gasteiger partial charge >= 0.3 is 0 Å². The van der Waals surface area contributed by atoms with E-state index in [1.165, 1.54) is 72.8 Å². The number of aldehydes is 1. The molecule has 0 aromatic heterocycles. The second kappa shape index (κ2) is 29.9. The molecule has 1 unspecified atom stereocenters. The number of amides is 3. The minimum atomic E-state index is -1.30. The summed E-state index contributed by atoms with van der Waals surface area (Å²) in [6, 6.07) is -3.11. The van der Waals surface area contributed by atoms with E-state index in [0.29, 0.717) is 19.1 Å². The lowest BCUT2D eigenvalue weighted by molar-refractivity contribution is -0.143. The minimum Gasteiger partial charge on any atom is -0.396 e. The fourth-order valence-corrected chi connectivity index (χ4v) is 6.55. The van der Waals surface area contributed by atoms with Gasteiger partial charge in [-0.3, -0.25) is 33.6 Å². The highest BCUT2D eigenvalue weighted by molar-refractivity contribution is 5.96. The summed E-state index contributed by atoms with van der Waals surface area (Å²) in [4.78, 5) is 102. The third-order valence-corrected chi connectivity index (χ3v) is 10.0. The highest BCUT2D eigenvalue weighted by atomic mass is 16.3. The second-order valence-corrected chi connectivity index (χ2v) is 15.7. The van der Waals surface area contributed by atoms with E-state index in [-0.39, 0.29) is 56.0 Å².